The van der Waals surface area contributed by atoms with Crippen molar-refractivity contribution in [3.05, 3.63) is 41.6 Å². The van der Waals surface area contributed by atoms with E-state index in [1.54, 1.807) is 6.07 Å². The number of nitrogens with zero attached hydrogens (tertiary/aromatic N) is 1. The van der Waals surface area contributed by atoms with Gasteiger partial charge in [0.2, 0.25) is 6.79 Å². The summed E-state index contributed by atoms with van der Waals surface area (Å²) >= 11 is 0. The summed E-state index contributed by atoms with van der Waals surface area (Å²) in [7, 11) is 0. The third-order valence-corrected chi connectivity index (χ3v) is 4.58. The molecule has 1 aliphatic heterocycles. The number of hydrogen-bond donors (Lipinski definition) is 3. The second kappa shape index (κ2) is 6.29. The Hall–Kier alpha value is -3.15. The molecule has 0 aliphatic carbocycles. The molecule has 0 atom stereocenters. The molecule has 0 amide bonds. The van der Waals surface area contributed by atoms with E-state index in [4.69, 9.17) is 9.47 Å². The molecule has 0 radical (unpaired) electrons. The molecule has 26 heavy (non-hydrogen) atoms. The van der Waals surface area contributed by atoms with E-state index < -0.39 is 0 Å². The fourth-order valence-corrected chi connectivity index (χ4v) is 3.31. The van der Waals surface area contributed by atoms with Gasteiger partial charge in [-0.05, 0) is 42.7 Å². The zero-order valence-corrected chi connectivity index (χ0v) is 14.7. The van der Waals surface area contributed by atoms with Crippen molar-refractivity contribution >= 4 is 0 Å². The van der Waals surface area contributed by atoms with Crippen LogP contribution >= 0.6 is 0 Å². The van der Waals surface area contributed by atoms with Crippen molar-refractivity contribution in [2.75, 3.05) is 6.79 Å². The maximum Gasteiger partial charge on any atom is 0.231 e. The average molecular weight is 352 g/mol. The van der Waals surface area contributed by atoms with E-state index in [9.17, 15) is 10.2 Å². The van der Waals surface area contributed by atoms with E-state index in [0.717, 1.165) is 35.2 Å². The Balaban J connectivity index is 1.86. The first-order chi connectivity index (χ1) is 12.6. The Bertz CT molecular complexity index is 978. The lowest BCUT2D eigenvalue weighted by atomic mass is 9.96. The zero-order chi connectivity index (χ0) is 18.3. The smallest absolute Gasteiger partial charge is 0.231 e. The molecule has 2 heterocycles. The first kappa shape index (κ1) is 16.3. The van der Waals surface area contributed by atoms with Crippen molar-refractivity contribution in [2.24, 2.45) is 0 Å². The van der Waals surface area contributed by atoms with E-state index in [1.165, 1.54) is 6.07 Å². The molecule has 6 nitrogen and oxygen atoms in total. The molecule has 3 N–H and O–H groups in total. The number of phenols is 2. The number of rotatable bonds is 4. The number of aromatic nitrogens is 2. The number of phenolic OH excluding ortho intramolecular Hbond substituents is 2. The normalized spacial score (nSPS) is 12.5. The minimum absolute atomic E-state index is 0.00385. The van der Waals surface area contributed by atoms with Gasteiger partial charge >= 0.3 is 0 Å². The van der Waals surface area contributed by atoms with Gasteiger partial charge in [-0.15, -0.1) is 0 Å². The molecule has 0 spiro atoms. The van der Waals surface area contributed by atoms with Crippen LogP contribution < -0.4 is 9.47 Å². The van der Waals surface area contributed by atoms with Crippen LogP contribution in [0.3, 0.4) is 0 Å². The second-order valence-corrected chi connectivity index (χ2v) is 6.39. The van der Waals surface area contributed by atoms with Crippen molar-refractivity contribution < 1.29 is 19.7 Å². The summed E-state index contributed by atoms with van der Waals surface area (Å²) in [5.41, 5.74) is 4.69. The molecule has 0 unspecified atom stereocenters. The molecule has 0 fully saturated rings. The summed E-state index contributed by atoms with van der Waals surface area (Å²) in [4.78, 5) is 0. The van der Waals surface area contributed by atoms with Gasteiger partial charge in [-0.2, -0.15) is 5.10 Å². The van der Waals surface area contributed by atoms with Gasteiger partial charge in [-0.25, -0.2) is 0 Å². The van der Waals surface area contributed by atoms with Crippen LogP contribution in [0, 0.1) is 6.92 Å². The largest absolute Gasteiger partial charge is 0.508 e. The van der Waals surface area contributed by atoms with Gasteiger partial charge in [-0.1, -0.05) is 19.4 Å². The van der Waals surface area contributed by atoms with E-state index >= 15 is 0 Å². The molecule has 0 saturated carbocycles. The van der Waals surface area contributed by atoms with Crippen LogP contribution in [-0.2, 0) is 6.42 Å². The Morgan fingerprint density at radius 2 is 1.88 bits per heavy atom. The minimum atomic E-state index is -0.00385. The molecule has 1 aromatic heterocycles. The molecule has 4 rings (SSSR count). The summed E-state index contributed by atoms with van der Waals surface area (Å²) in [5, 5.41) is 27.9. The highest BCUT2D eigenvalue weighted by Crippen LogP contribution is 2.43. The Morgan fingerprint density at radius 1 is 1.08 bits per heavy atom. The molecule has 1 aliphatic rings. The number of hydrogen-bond acceptors (Lipinski definition) is 5. The Kier molecular flexibility index (Phi) is 3.95. The van der Waals surface area contributed by atoms with Crippen molar-refractivity contribution in [1.82, 2.24) is 10.2 Å². The summed E-state index contributed by atoms with van der Waals surface area (Å²) in [6, 6.07) is 8.91. The zero-order valence-electron chi connectivity index (χ0n) is 14.7. The lowest BCUT2D eigenvalue weighted by Gasteiger charge is -2.11. The van der Waals surface area contributed by atoms with Gasteiger partial charge in [-0.3, -0.25) is 5.10 Å². The van der Waals surface area contributed by atoms with Crippen molar-refractivity contribution in [1.29, 1.82) is 0 Å². The van der Waals surface area contributed by atoms with Gasteiger partial charge in [0, 0.05) is 22.9 Å². The van der Waals surface area contributed by atoms with E-state index in [-0.39, 0.29) is 18.3 Å². The van der Waals surface area contributed by atoms with Crippen molar-refractivity contribution in [3.8, 4) is 45.4 Å². The summed E-state index contributed by atoms with van der Waals surface area (Å²) in [6.45, 7) is 4.19. The molecule has 2 aromatic carbocycles. The Morgan fingerprint density at radius 3 is 2.69 bits per heavy atom. The quantitative estimate of drug-likeness (QED) is 0.657. The SMILES string of the molecule is CCCc1cc(-c2n[nH]c(C)c2-c2ccc3c(c2)OCO3)c(O)cc1O. The summed E-state index contributed by atoms with van der Waals surface area (Å²) < 4.78 is 10.9. The highest BCUT2D eigenvalue weighted by atomic mass is 16.7. The monoisotopic (exact) mass is 352 g/mol. The molecule has 0 bridgehead atoms. The molecule has 0 saturated heterocycles. The summed E-state index contributed by atoms with van der Waals surface area (Å²) in [5.74, 6) is 1.51. The third kappa shape index (κ3) is 2.63. The molecular formula is C20H20N2O4. The number of fused-ring (bicyclic) bond motifs is 1. The third-order valence-electron chi connectivity index (χ3n) is 4.58. The number of aryl methyl sites for hydroxylation is 2. The highest BCUT2D eigenvalue weighted by Gasteiger charge is 2.21. The molecule has 6 heteroatoms. The van der Waals surface area contributed by atoms with Crippen LogP contribution in [0.25, 0.3) is 22.4 Å². The number of benzene rings is 2. The fourth-order valence-electron chi connectivity index (χ4n) is 3.31. The van der Waals surface area contributed by atoms with Crippen LogP contribution in [0.4, 0.5) is 0 Å². The number of ether oxygens (including phenoxy) is 2. The second-order valence-electron chi connectivity index (χ2n) is 6.39. The van der Waals surface area contributed by atoms with Gasteiger partial charge in [0.25, 0.3) is 0 Å². The number of H-pyrrole nitrogens is 1. The molecule has 3 aromatic rings. The van der Waals surface area contributed by atoms with Crippen LogP contribution in [-0.4, -0.2) is 27.2 Å². The van der Waals surface area contributed by atoms with Crippen LogP contribution in [0.2, 0.25) is 0 Å². The number of aromatic amines is 1. The van der Waals surface area contributed by atoms with Gasteiger partial charge < -0.3 is 19.7 Å². The van der Waals surface area contributed by atoms with Crippen LogP contribution in [0.1, 0.15) is 24.6 Å². The standard InChI is InChI=1S/C20H20N2O4/c1-3-4-12-7-14(16(24)9-15(12)23)20-19(11(2)21-22-20)13-5-6-17-18(8-13)26-10-25-17/h5-9,23-24H,3-4,10H2,1-2H3,(H,21,22). The maximum atomic E-state index is 10.4. The lowest BCUT2D eigenvalue weighted by molar-refractivity contribution is 0.174. The fraction of sp³-hybridized carbons (Fsp3) is 0.250. The van der Waals surface area contributed by atoms with E-state index in [2.05, 4.69) is 10.2 Å². The van der Waals surface area contributed by atoms with Crippen LogP contribution in [0.5, 0.6) is 23.0 Å². The first-order valence-corrected chi connectivity index (χ1v) is 8.58. The van der Waals surface area contributed by atoms with E-state index in [0.29, 0.717) is 22.8 Å². The van der Waals surface area contributed by atoms with Crippen molar-refractivity contribution in [3.63, 3.8) is 0 Å². The average Bonchev–Trinajstić information content (AvgIpc) is 3.23. The van der Waals surface area contributed by atoms with Crippen molar-refractivity contribution in [2.45, 2.75) is 26.7 Å². The van der Waals surface area contributed by atoms with Gasteiger partial charge in [0.1, 0.15) is 17.2 Å². The maximum absolute atomic E-state index is 10.4. The molecule has 134 valence electrons. The summed E-state index contributed by atoms with van der Waals surface area (Å²) in [6.07, 6.45) is 1.62. The highest BCUT2D eigenvalue weighted by molar-refractivity contribution is 5.86. The van der Waals surface area contributed by atoms with Crippen LogP contribution in [0.15, 0.2) is 30.3 Å². The molecular weight excluding hydrogens is 332 g/mol. The first-order valence-electron chi connectivity index (χ1n) is 8.58. The number of nitrogens with one attached hydrogen (secondary N) is 1. The predicted octanol–water partition coefficient (Wildman–Crippen LogP) is 4.14. The van der Waals surface area contributed by atoms with Gasteiger partial charge in [0.15, 0.2) is 11.5 Å². The minimum Gasteiger partial charge on any atom is -0.508 e. The number of aromatic hydroxyl groups is 2. The Labute approximate surface area is 151 Å². The topological polar surface area (TPSA) is 87.6 Å². The van der Waals surface area contributed by atoms with Gasteiger partial charge in [0.05, 0.1) is 0 Å². The predicted molar refractivity (Wildman–Crippen MR) is 97.6 cm³/mol. The van der Waals surface area contributed by atoms with E-state index in [1.807, 2.05) is 32.0 Å². The lowest BCUT2D eigenvalue weighted by Crippen LogP contribution is -1.92.